The maximum Gasteiger partial charge on any atom is 0.295 e. The maximum atomic E-state index is 11.0. The van der Waals surface area contributed by atoms with Crippen LogP contribution in [-0.2, 0) is 4.79 Å². The molecule has 0 saturated carbocycles. The van der Waals surface area contributed by atoms with Crippen LogP contribution in [0.4, 0.5) is 5.13 Å². The highest BCUT2D eigenvalue weighted by molar-refractivity contribution is 7.13. The van der Waals surface area contributed by atoms with Gasteiger partial charge in [-0.2, -0.15) is 0 Å². The standard InChI is InChI=1S/C12H15N3OS/c1-2-11(16)14-8-10-4-3-6-15(9-10)12-13-5-7-17-12/h1,5,7,10H,3-4,6,8-9H2,(H,14,16). The smallest absolute Gasteiger partial charge is 0.295 e. The minimum absolute atomic E-state index is 0.323. The summed E-state index contributed by atoms with van der Waals surface area (Å²) in [5.74, 6) is 2.21. The zero-order chi connectivity index (χ0) is 12.1. The van der Waals surface area contributed by atoms with Crippen LogP contribution in [0, 0.1) is 18.3 Å². The third-order valence-electron chi connectivity index (χ3n) is 2.89. The van der Waals surface area contributed by atoms with E-state index >= 15 is 0 Å². The van der Waals surface area contributed by atoms with Crippen LogP contribution in [0.2, 0.25) is 0 Å². The predicted octanol–water partition coefficient (Wildman–Crippen LogP) is 1.11. The average molecular weight is 249 g/mol. The van der Waals surface area contributed by atoms with Crippen LogP contribution in [0.1, 0.15) is 12.8 Å². The Balaban J connectivity index is 1.85. The highest BCUT2D eigenvalue weighted by Gasteiger charge is 2.21. The number of carbonyl (C=O) groups excluding carboxylic acids is 1. The number of hydrogen-bond acceptors (Lipinski definition) is 4. The Morgan fingerprint density at radius 1 is 1.76 bits per heavy atom. The highest BCUT2D eigenvalue weighted by Crippen LogP contribution is 2.24. The summed E-state index contributed by atoms with van der Waals surface area (Å²) in [6.07, 6.45) is 9.10. The fourth-order valence-electron chi connectivity index (χ4n) is 2.07. The lowest BCUT2D eigenvalue weighted by molar-refractivity contribution is -0.115. The third-order valence-corrected chi connectivity index (χ3v) is 3.72. The molecule has 1 aromatic rings. The minimum atomic E-state index is -0.323. The summed E-state index contributed by atoms with van der Waals surface area (Å²) in [4.78, 5) is 17.6. The molecule has 1 aliphatic rings. The first kappa shape index (κ1) is 11.9. The van der Waals surface area contributed by atoms with Crippen molar-refractivity contribution in [2.24, 2.45) is 5.92 Å². The summed E-state index contributed by atoms with van der Waals surface area (Å²) in [5, 5.41) is 5.80. The summed E-state index contributed by atoms with van der Waals surface area (Å²) in [6.45, 7) is 2.65. The topological polar surface area (TPSA) is 45.2 Å². The van der Waals surface area contributed by atoms with Gasteiger partial charge >= 0.3 is 0 Å². The van der Waals surface area contributed by atoms with E-state index in [9.17, 15) is 4.79 Å². The number of aromatic nitrogens is 1. The number of nitrogens with one attached hydrogen (secondary N) is 1. The van der Waals surface area contributed by atoms with Gasteiger partial charge in [0.1, 0.15) is 0 Å². The molecular formula is C12H15N3OS. The summed E-state index contributed by atoms with van der Waals surface area (Å²) in [7, 11) is 0. The Morgan fingerprint density at radius 2 is 2.65 bits per heavy atom. The molecule has 0 aromatic carbocycles. The van der Waals surface area contributed by atoms with Gasteiger partial charge in [-0.05, 0) is 24.7 Å². The van der Waals surface area contributed by atoms with E-state index in [2.05, 4.69) is 21.1 Å². The molecule has 1 aliphatic heterocycles. The molecule has 1 fully saturated rings. The molecule has 2 heterocycles. The van der Waals surface area contributed by atoms with Gasteiger partial charge in [0.25, 0.3) is 5.91 Å². The molecule has 1 amide bonds. The normalized spacial score (nSPS) is 19.7. The second-order valence-corrected chi connectivity index (χ2v) is 5.00. The van der Waals surface area contributed by atoms with Gasteiger partial charge in [-0.25, -0.2) is 4.98 Å². The van der Waals surface area contributed by atoms with Crippen molar-refractivity contribution < 1.29 is 4.79 Å². The summed E-state index contributed by atoms with van der Waals surface area (Å²) >= 11 is 1.66. The molecular weight excluding hydrogens is 234 g/mol. The number of piperidine rings is 1. The van der Waals surface area contributed by atoms with Gasteiger partial charge in [-0.1, -0.05) is 0 Å². The molecule has 5 heteroatoms. The van der Waals surface area contributed by atoms with Crippen LogP contribution in [0.5, 0.6) is 0 Å². The second-order valence-electron chi connectivity index (χ2n) is 4.12. The van der Waals surface area contributed by atoms with Crippen LogP contribution in [0.15, 0.2) is 11.6 Å². The Bertz CT molecular complexity index is 410. The van der Waals surface area contributed by atoms with Gasteiger partial charge in [0.05, 0.1) is 0 Å². The lowest BCUT2D eigenvalue weighted by atomic mass is 9.98. The van der Waals surface area contributed by atoms with Crippen molar-refractivity contribution in [2.75, 3.05) is 24.5 Å². The highest BCUT2D eigenvalue weighted by atomic mass is 32.1. The number of hydrogen-bond donors (Lipinski definition) is 1. The molecule has 0 radical (unpaired) electrons. The van der Waals surface area contributed by atoms with E-state index in [4.69, 9.17) is 6.42 Å². The number of terminal acetylenes is 1. The molecule has 1 aromatic heterocycles. The summed E-state index contributed by atoms with van der Waals surface area (Å²) < 4.78 is 0. The van der Waals surface area contributed by atoms with E-state index in [1.165, 1.54) is 0 Å². The van der Waals surface area contributed by atoms with Gasteiger partial charge < -0.3 is 10.2 Å². The van der Waals surface area contributed by atoms with Crippen molar-refractivity contribution in [1.82, 2.24) is 10.3 Å². The van der Waals surface area contributed by atoms with Crippen molar-refractivity contribution >= 4 is 22.4 Å². The van der Waals surface area contributed by atoms with Gasteiger partial charge in [0.15, 0.2) is 5.13 Å². The average Bonchev–Trinajstić information content (AvgIpc) is 2.90. The van der Waals surface area contributed by atoms with Crippen LogP contribution in [-0.4, -0.2) is 30.5 Å². The van der Waals surface area contributed by atoms with Crippen molar-refractivity contribution in [2.45, 2.75) is 12.8 Å². The van der Waals surface area contributed by atoms with E-state index in [1.54, 1.807) is 11.3 Å². The number of thiazole rings is 1. The first-order valence-electron chi connectivity index (χ1n) is 5.68. The summed E-state index contributed by atoms with van der Waals surface area (Å²) in [5.41, 5.74) is 0. The van der Waals surface area contributed by atoms with Crippen LogP contribution < -0.4 is 10.2 Å². The number of nitrogens with zero attached hydrogens (tertiary/aromatic N) is 2. The first-order chi connectivity index (χ1) is 8.29. The SMILES string of the molecule is C#CC(=O)NCC1CCCN(c2nccs2)C1. The van der Waals surface area contributed by atoms with Crippen LogP contribution in [0.3, 0.4) is 0 Å². The molecule has 1 unspecified atom stereocenters. The molecule has 1 saturated heterocycles. The number of rotatable bonds is 3. The van der Waals surface area contributed by atoms with Crippen molar-refractivity contribution in [1.29, 1.82) is 0 Å². The van der Waals surface area contributed by atoms with Crippen molar-refractivity contribution in [3.63, 3.8) is 0 Å². The van der Waals surface area contributed by atoms with Gasteiger partial charge in [-0.3, -0.25) is 4.79 Å². The van der Waals surface area contributed by atoms with Gasteiger partial charge in [0.2, 0.25) is 0 Å². The first-order valence-corrected chi connectivity index (χ1v) is 6.56. The van der Waals surface area contributed by atoms with E-state index in [0.717, 1.165) is 31.1 Å². The van der Waals surface area contributed by atoms with Gasteiger partial charge in [0, 0.05) is 31.2 Å². The van der Waals surface area contributed by atoms with E-state index in [1.807, 2.05) is 11.6 Å². The quantitative estimate of drug-likeness (QED) is 0.816. The number of anilines is 1. The monoisotopic (exact) mass is 249 g/mol. The molecule has 1 N–H and O–H groups in total. The number of amides is 1. The van der Waals surface area contributed by atoms with Crippen LogP contribution >= 0.6 is 11.3 Å². The lowest BCUT2D eigenvalue weighted by Crippen LogP contribution is -2.40. The largest absolute Gasteiger partial charge is 0.348 e. The number of carbonyl (C=O) groups is 1. The molecule has 0 aliphatic carbocycles. The molecule has 1 atom stereocenters. The van der Waals surface area contributed by atoms with E-state index < -0.39 is 0 Å². The Labute approximate surface area is 105 Å². The second kappa shape index (κ2) is 5.69. The van der Waals surface area contributed by atoms with E-state index in [0.29, 0.717) is 12.5 Å². The molecule has 0 bridgehead atoms. The Hall–Kier alpha value is -1.54. The van der Waals surface area contributed by atoms with Gasteiger partial charge in [-0.15, -0.1) is 17.8 Å². The molecule has 90 valence electrons. The summed E-state index contributed by atoms with van der Waals surface area (Å²) in [6, 6.07) is 0. The molecule has 2 rings (SSSR count). The fourth-order valence-corrected chi connectivity index (χ4v) is 2.75. The van der Waals surface area contributed by atoms with Crippen molar-refractivity contribution in [3.05, 3.63) is 11.6 Å². The Kier molecular flexibility index (Phi) is 3.99. The fraction of sp³-hybridized carbons (Fsp3) is 0.500. The maximum absolute atomic E-state index is 11.0. The predicted molar refractivity (Wildman–Crippen MR) is 68.9 cm³/mol. The molecule has 4 nitrogen and oxygen atoms in total. The minimum Gasteiger partial charge on any atom is -0.348 e. The molecule has 17 heavy (non-hydrogen) atoms. The Morgan fingerprint density at radius 3 is 3.35 bits per heavy atom. The molecule has 0 spiro atoms. The lowest BCUT2D eigenvalue weighted by Gasteiger charge is -2.32. The zero-order valence-electron chi connectivity index (χ0n) is 9.56. The van der Waals surface area contributed by atoms with E-state index in [-0.39, 0.29) is 5.91 Å². The van der Waals surface area contributed by atoms with Crippen LogP contribution in [0.25, 0.3) is 0 Å². The van der Waals surface area contributed by atoms with Crippen molar-refractivity contribution in [3.8, 4) is 12.3 Å². The third kappa shape index (κ3) is 3.21. The zero-order valence-corrected chi connectivity index (χ0v) is 10.4.